The van der Waals surface area contributed by atoms with Crippen molar-refractivity contribution in [3.05, 3.63) is 47.5 Å². The van der Waals surface area contributed by atoms with Crippen molar-refractivity contribution in [2.75, 3.05) is 44.8 Å². The van der Waals surface area contributed by atoms with E-state index in [1.54, 1.807) is 0 Å². The Bertz CT molecular complexity index is 1200. The fourth-order valence-corrected chi connectivity index (χ4v) is 5.10. The van der Waals surface area contributed by atoms with Gasteiger partial charge in [-0.2, -0.15) is 0 Å². The molecular weight excluding hydrogens is 461 g/mol. The van der Waals surface area contributed by atoms with E-state index in [1.165, 1.54) is 17.3 Å². The quantitative estimate of drug-likeness (QED) is 0.534. The Morgan fingerprint density at radius 1 is 1.14 bits per heavy atom. The van der Waals surface area contributed by atoms with Gasteiger partial charge in [-0.05, 0) is 42.0 Å². The third-order valence-electron chi connectivity index (χ3n) is 6.94. The predicted molar refractivity (Wildman–Crippen MR) is 136 cm³/mol. The molecule has 2 aliphatic rings. The fourth-order valence-electron chi connectivity index (χ4n) is 5.10. The van der Waals surface area contributed by atoms with Crippen LogP contribution >= 0.6 is 0 Å². The first-order chi connectivity index (χ1) is 17.5. The van der Waals surface area contributed by atoms with E-state index in [9.17, 15) is 9.50 Å². The van der Waals surface area contributed by atoms with Gasteiger partial charge >= 0.3 is 0 Å². The number of hydrogen-bond acceptors (Lipinski definition) is 8. The molecule has 2 fully saturated rings. The second-order valence-electron chi connectivity index (χ2n) is 9.90. The van der Waals surface area contributed by atoms with Crippen LogP contribution in [0.2, 0.25) is 0 Å². The average Bonchev–Trinajstić information content (AvgIpc) is 3.14. The van der Waals surface area contributed by atoms with E-state index in [1.807, 2.05) is 24.4 Å². The highest BCUT2D eigenvalue weighted by atomic mass is 19.1. The van der Waals surface area contributed by atoms with Crippen molar-refractivity contribution in [1.82, 2.24) is 19.9 Å². The third kappa shape index (κ3) is 5.49. The lowest BCUT2D eigenvalue weighted by atomic mass is 9.92. The van der Waals surface area contributed by atoms with Crippen molar-refractivity contribution >= 4 is 16.9 Å². The topological polar surface area (TPSA) is 92.6 Å². The van der Waals surface area contributed by atoms with Gasteiger partial charge < -0.3 is 19.9 Å². The van der Waals surface area contributed by atoms with Crippen LogP contribution in [0.3, 0.4) is 0 Å². The largest absolute Gasteiger partial charge is 0.389 e. The smallest absolute Gasteiger partial charge is 0.223 e. The van der Waals surface area contributed by atoms with E-state index in [2.05, 4.69) is 34.0 Å². The monoisotopic (exact) mass is 495 g/mol. The number of aromatic nitrogens is 3. The minimum absolute atomic E-state index is 0.223. The number of ether oxygens (including phenoxy) is 2. The van der Waals surface area contributed by atoms with Crippen LogP contribution < -0.4 is 5.32 Å². The van der Waals surface area contributed by atoms with Gasteiger partial charge in [0.2, 0.25) is 5.95 Å². The highest BCUT2D eigenvalue weighted by Crippen LogP contribution is 2.32. The molecule has 9 heteroatoms. The zero-order chi connectivity index (χ0) is 25.1. The molecule has 0 aliphatic carbocycles. The Hall–Kier alpha value is -2.72. The van der Waals surface area contributed by atoms with Crippen LogP contribution in [0.4, 0.5) is 10.3 Å². The predicted octanol–water partition coefficient (Wildman–Crippen LogP) is 3.74. The van der Waals surface area contributed by atoms with Gasteiger partial charge in [0.05, 0.1) is 37.1 Å². The van der Waals surface area contributed by atoms with Gasteiger partial charge in [0, 0.05) is 50.0 Å². The molecule has 1 aromatic carbocycles. The molecule has 3 aromatic rings. The zero-order valence-corrected chi connectivity index (χ0v) is 20.9. The van der Waals surface area contributed by atoms with Crippen LogP contribution in [0.1, 0.15) is 43.7 Å². The summed E-state index contributed by atoms with van der Waals surface area (Å²) >= 11 is 0. The minimum atomic E-state index is -0.662. The van der Waals surface area contributed by atoms with E-state index < -0.39 is 11.9 Å². The number of pyridine rings is 1. The summed E-state index contributed by atoms with van der Waals surface area (Å²) in [6.45, 7) is 9.44. The maximum absolute atomic E-state index is 14.9. The maximum atomic E-state index is 14.9. The van der Waals surface area contributed by atoms with Crippen LogP contribution in [0.25, 0.3) is 22.2 Å². The third-order valence-corrected chi connectivity index (χ3v) is 6.94. The normalized spacial score (nSPS) is 21.6. The molecule has 0 unspecified atom stereocenters. The molecule has 0 saturated carbocycles. The van der Waals surface area contributed by atoms with Crippen molar-refractivity contribution in [2.24, 2.45) is 0 Å². The second kappa shape index (κ2) is 11.1. The Balaban J connectivity index is 1.49. The highest BCUT2D eigenvalue weighted by molar-refractivity contribution is 5.88. The van der Waals surface area contributed by atoms with E-state index in [4.69, 9.17) is 14.5 Å². The summed E-state index contributed by atoms with van der Waals surface area (Å²) in [6.07, 6.45) is 4.15. The molecule has 0 amide bonds. The molecule has 2 aromatic heterocycles. The first-order valence-corrected chi connectivity index (χ1v) is 12.8. The average molecular weight is 496 g/mol. The lowest BCUT2D eigenvalue weighted by Crippen LogP contribution is -2.42. The summed E-state index contributed by atoms with van der Waals surface area (Å²) in [7, 11) is 0. The molecule has 192 valence electrons. The summed E-state index contributed by atoms with van der Waals surface area (Å²) in [5.41, 5.74) is 4.19. The van der Waals surface area contributed by atoms with Crippen LogP contribution in [0.15, 0.2) is 30.6 Å². The number of hydrogen-bond donors (Lipinski definition) is 2. The lowest BCUT2D eigenvalue weighted by Gasteiger charge is -2.28. The molecule has 2 aliphatic heterocycles. The number of anilines is 1. The Morgan fingerprint density at radius 3 is 2.86 bits per heavy atom. The molecule has 2 saturated heterocycles. The summed E-state index contributed by atoms with van der Waals surface area (Å²) in [5, 5.41) is 14.4. The van der Waals surface area contributed by atoms with Crippen molar-refractivity contribution in [2.45, 2.75) is 51.3 Å². The highest BCUT2D eigenvalue weighted by Gasteiger charge is 2.25. The SMILES string of the molecule is CC(C)c1c(CN2CCCOCC2)cnc2ccc(-c3nc(N[C@@H]4CCOC[C@H]4O)ncc3F)cc12. The molecule has 8 nitrogen and oxygen atoms in total. The van der Waals surface area contributed by atoms with Gasteiger partial charge in [-0.25, -0.2) is 14.4 Å². The summed E-state index contributed by atoms with van der Waals surface area (Å²) < 4.78 is 25.9. The van der Waals surface area contributed by atoms with Gasteiger partial charge in [-0.1, -0.05) is 19.9 Å². The second-order valence-corrected chi connectivity index (χ2v) is 9.90. The van der Waals surface area contributed by atoms with Crippen molar-refractivity contribution < 1.29 is 19.0 Å². The number of rotatable bonds is 6. The lowest BCUT2D eigenvalue weighted by molar-refractivity contribution is -0.0136. The van der Waals surface area contributed by atoms with Crippen LogP contribution in [-0.4, -0.2) is 76.6 Å². The molecule has 36 heavy (non-hydrogen) atoms. The Labute approximate surface area is 210 Å². The standard InChI is InChI=1S/C27H34FN5O3/c1-17(2)25-19(15-33-7-3-9-35-11-8-33)13-29-22-5-4-18(12-20(22)25)26-21(28)14-30-27(32-26)31-23-6-10-36-16-24(23)34/h4-5,12-14,17,23-24,34H,3,6-11,15-16H2,1-2H3,(H,30,31,32)/t23-,24-/m1/s1. The van der Waals surface area contributed by atoms with Crippen LogP contribution in [0.5, 0.6) is 0 Å². The molecule has 2 atom stereocenters. The van der Waals surface area contributed by atoms with Crippen LogP contribution in [-0.2, 0) is 16.0 Å². The first kappa shape index (κ1) is 25.0. The van der Waals surface area contributed by atoms with Crippen LogP contribution in [0, 0.1) is 5.82 Å². The number of benzene rings is 1. The van der Waals surface area contributed by atoms with Gasteiger partial charge in [0.25, 0.3) is 0 Å². The first-order valence-electron chi connectivity index (χ1n) is 12.8. The number of aliphatic hydroxyl groups is 1. The number of halogens is 1. The minimum Gasteiger partial charge on any atom is -0.389 e. The number of nitrogens with one attached hydrogen (secondary N) is 1. The fraction of sp³-hybridized carbons (Fsp3) is 0.519. The zero-order valence-electron chi connectivity index (χ0n) is 20.9. The van der Waals surface area contributed by atoms with E-state index in [0.717, 1.165) is 50.2 Å². The number of nitrogens with zero attached hydrogens (tertiary/aromatic N) is 4. The van der Waals surface area contributed by atoms with Gasteiger partial charge in [0.1, 0.15) is 5.69 Å². The van der Waals surface area contributed by atoms with Gasteiger partial charge in [0.15, 0.2) is 5.82 Å². The van der Waals surface area contributed by atoms with Crippen molar-refractivity contribution in [1.29, 1.82) is 0 Å². The summed E-state index contributed by atoms with van der Waals surface area (Å²) in [5.74, 6) is 0.0652. The molecule has 5 rings (SSSR count). The van der Waals surface area contributed by atoms with E-state index >= 15 is 0 Å². The molecule has 2 N–H and O–H groups in total. The van der Waals surface area contributed by atoms with Crippen molar-refractivity contribution in [3.8, 4) is 11.3 Å². The van der Waals surface area contributed by atoms with Crippen molar-refractivity contribution in [3.63, 3.8) is 0 Å². The Morgan fingerprint density at radius 2 is 2.03 bits per heavy atom. The molecular formula is C27H34FN5O3. The molecule has 4 heterocycles. The van der Waals surface area contributed by atoms with E-state index in [-0.39, 0.29) is 30.2 Å². The van der Waals surface area contributed by atoms with E-state index in [0.29, 0.717) is 18.6 Å². The van der Waals surface area contributed by atoms with Gasteiger partial charge in [-0.15, -0.1) is 0 Å². The maximum Gasteiger partial charge on any atom is 0.223 e. The summed E-state index contributed by atoms with van der Waals surface area (Å²) in [6, 6.07) is 5.53. The number of aliphatic hydroxyl groups excluding tert-OH is 1. The molecule has 0 spiro atoms. The van der Waals surface area contributed by atoms with Gasteiger partial charge in [-0.3, -0.25) is 9.88 Å². The summed E-state index contributed by atoms with van der Waals surface area (Å²) in [4.78, 5) is 15.8. The molecule has 0 bridgehead atoms. The Kier molecular flexibility index (Phi) is 7.71. The molecule has 0 radical (unpaired) electrons. The number of fused-ring (bicyclic) bond motifs is 1.